The molecule has 3 N–H and O–H groups in total. The fourth-order valence-corrected chi connectivity index (χ4v) is 3.27. The lowest BCUT2D eigenvalue weighted by Crippen LogP contribution is -2.32. The number of halogens is 1. The number of aryl methyl sites for hydroxylation is 1. The fraction of sp³-hybridized carbons (Fsp3) is 0.333. The molecule has 2 amide bonds. The Kier molecular flexibility index (Phi) is 11.3. The molecule has 0 heterocycles. The monoisotopic (exact) mass is 421 g/mol. The van der Waals surface area contributed by atoms with Gasteiger partial charge in [0, 0.05) is 23.7 Å². The van der Waals surface area contributed by atoms with Gasteiger partial charge in [0.25, 0.3) is 5.91 Å². The lowest BCUT2D eigenvalue weighted by Gasteiger charge is -2.10. The van der Waals surface area contributed by atoms with Crippen LogP contribution >= 0.6 is 24.2 Å². The minimum atomic E-state index is -0.115. The van der Waals surface area contributed by atoms with E-state index in [-0.39, 0.29) is 30.0 Å². The summed E-state index contributed by atoms with van der Waals surface area (Å²) in [5, 5.41) is 9.04. The van der Waals surface area contributed by atoms with Gasteiger partial charge in [-0.2, -0.15) is 0 Å². The van der Waals surface area contributed by atoms with Crippen molar-refractivity contribution < 1.29 is 9.59 Å². The number of hydrogen-bond donors (Lipinski definition) is 3. The molecule has 0 aliphatic rings. The Morgan fingerprint density at radius 3 is 2.39 bits per heavy atom. The van der Waals surface area contributed by atoms with Crippen molar-refractivity contribution in [1.82, 2.24) is 10.6 Å². The number of benzene rings is 2. The van der Waals surface area contributed by atoms with Gasteiger partial charge in [0.2, 0.25) is 5.91 Å². The number of nitrogens with one attached hydrogen (secondary N) is 3. The molecule has 0 saturated carbocycles. The van der Waals surface area contributed by atoms with Crippen molar-refractivity contribution in [2.24, 2.45) is 0 Å². The molecular weight excluding hydrogens is 394 g/mol. The predicted octanol–water partition coefficient (Wildman–Crippen LogP) is 3.88. The van der Waals surface area contributed by atoms with E-state index in [1.165, 1.54) is 11.8 Å². The quantitative estimate of drug-likeness (QED) is 0.402. The Balaban J connectivity index is 0.00000392. The molecule has 2 aromatic rings. The molecule has 0 unspecified atom stereocenters. The van der Waals surface area contributed by atoms with E-state index in [4.69, 9.17) is 0 Å². The molecule has 0 bridgehead atoms. The van der Waals surface area contributed by atoms with E-state index >= 15 is 0 Å². The van der Waals surface area contributed by atoms with Crippen molar-refractivity contribution in [3.8, 4) is 0 Å². The molecular formula is C21H28ClN3O2S. The first-order valence-corrected chi connectivity index (χ1v) is 10.2. The molecule has 0 fully saturated rings. The van der Waals surface area contributed by atoms with E-state index in [9.17, 15) is 9.59 Å². The minimum Gasteiger partial charge on any atom is -0.351 e. The molecule has 5 nitrogen and oxygen atoms in total. The second-order valence-electron chi connectivity index (χ2n) is 6.20. The van der Waals surface area contributed by atoms with E-state index in [1.54, 1.807) is 6.07 Å². The standard InChI is InChI=1S/C21H27N3O2S.ClH/c1-3-12-22-13-14-23-21(26)18-6-4-5-7-19(18)27-15-20(25)24-17-10-8-16(2)9-11-17;/h4-11,22H,3,12-15H2,1-2H3,(H,23,26)(H,24,25);1H. The van der Waals surface area contributed by atoms with Crippen LogP contribution in [0, 0.1) is 6.92 Å². The zero-order valence-corrected chi connectivity index (χ0v) is 17.9. The van der Waals surface area contributed by atoms with E-state index in [0.717, 1.165) is 35.7 Å². The summed E-state index contributed by atoms with van der Waals surface area (Å²) in [6, 6.07) is 15.0. The van der Waals surface area contributed by atoms with Crippen LogP contribution in [0.2, 0.25) is 0 Å². The van der Waals surface area contributed by atoms with Gasteiger partial charge in [-0.1, -0.05) is 36.8 Å². The lowest BCUT2D eigenvalue weighted by molar-refractivity contribution is -0.113. The normalized spacial score (nSPS) is 10.1. The number of amides is 2. The maximum Gasteiger partial charge on any atom is 0.252 e. The second kappa shape index (κ2) is 13.2. The number of thioether (sulfide) groups is 1. The molecule has 2 rings (SSSR count). The van der Waals surface area contributed by atoms with Crippen molar-refractivity contribution in [3.63, 3.8) is 0 Å². The summed E-state index contributed by atoms with van der Waals surface area (Å²) in [5.74, 6) is 0.0362. The van der Waals surface area contributed by atoms with Crippen LogP contribution < -0.4 is 16.0 Å². The van der Waals surface area contributed by atoms with Crippen molar-refractivity contribution >= 4 is 41.7 Å². The van der Waals surface area contributed by atoms with Gasteiger partial charge >= 0.3 is 0 Å². The average Bonchev–Trinajstić information content (AvgIpc) is 2.68. The molecule has 0 atom stereocenters. The fourth-order valence-electron chi connectivity index (χ4n) is 2.42. The first kappa shape index (κ1) is 24.0. The van der Waals surface area contributed by atoms with Crippen molar-refractivity contribution in [2.45, 2.75) is 25.2 Å². The zero-order valence-electron chi connectivity index (χ0n) is 16.3. The van der Waals surface area contributed by atoms with Gasteiger partial charge in [-0.15, -0.1) is 24.2 Å². The molecule has 0 spiro atoms. The summed E-state index contributed by atoms with van der Waals surface area (Å²) >= 11 is 1.36. The van der Waals surface area contributed by atoms with Crippen LogP contribution in [-0.2, 0) is 4.79 Å². The average molecular weight is 422 g/mol. The lowest BCUT2D eigenvalue weighted by atomic mass is 10.2. The highest BCUT2D eigenvalue weighted by Crippen LogP contribution is 2.23. The Morgan fingerprint density at radius 2 is 1.68 bits per heavy atom. The minimum absolute atomic E-state index is 0. The highest BCUT2D eigenvalue weighted by Gasteiger charge is 2.12. The third-order valence-corrected chi connectivity index (χ3v) is 4.91. The maximum absolute atomic E-state index is 12.4. The van der Waals surface area contributed by atoms with Crippen molar-refractivity contribution in [2.75, 3.05) is 30.7 Å². The Bertz CT molecular complexity index is 754. The van der Waals surface area contributed by atoms with Crippen LogP contribution in [0.15, 0.2) is 53.4 Å². The number of carbonyl (C=O) groups is 2. The van der Waals surface area contributed by atoms with Crippen LogP contribution in [-0.4, -0.2) is 37.2 Å². The summed E-state index contributed by atoms with van der Waals surface area (Å²) in [7, 11) is 0. The van der Waals surface area contributed by atoms with Gasteiger partial charge < -0.3 is 16.0 Å². The summed E-state index contributed by atoms with van der Waals surface area (Å²) in [5.41, 5.74) is 2.52. The van der Waals surface area contributed by atoms with Crippen molar-refractivity contribution in [3.05, 3.63) is 59.7 Å². The number of anilines is 1. The van der Waals surface area contributed by atoms with E-state index in [0.29, 0.717) is 12.1 Å². The smallest absolute Gasteiger partial charge is 0.252 e. The molecule has 0 radical (unpaired) electrons. The molecule has 0 aromatic heterocycles. The Labute approximate surface area is 177 Å². The zero-order chi connectivity index (χ0) is 19.5. The first-order chi connectivity index (χ1) is 13.1. The molecule has 7 heteroatoms. The van der Waals surface area contributed by atoms with E-state index in [2.05, 4.69) is 22.9 Å². The van der Waals surface area contributed by atoms with Gasteiger partial charge in [-0.3, -0.25) is 9.59 Å². The second-order valence-corrected chi connectivity index (χ2v) is 7.22. The first-order valence-electron chi connectivity index (χ1n) is 9.17. The van der Waals surface area contributed by atoms with Crippen LogP contribution in [0.25, 0.3) is 0 Å². The van der Waals surface area contributed by atoms with Gasteiger partial charge in [0.15, 0.2) is 0 Å². The number of hydrogen-bond acceptors (Lipinski definition) is 4. The molecule has 28 heavy (non-hydrogen) atoms. The summed E-state index contributed by atoms with van der Waals surface area (Å²) in [4.78, 5) is 25.4. The topological polar surface area (TPSA) is 70.2 Å². The van der Waals surface area contributed by atoms with Crippen LogP contribution in [0.4, 0.5) is 5.69 Å². The Morgan fingerprint density at radius 1 is 0.964 bits per heavy atom. The highest BCUT2D eigenvalue weighted by molar-refractivity contribution is 8.00. The molecule has 0 aliphatic carbocycles. The van der Waals surface area contributed by atoms with Gasteiger partial charge in [-0.25, -0.2) is 0 Å². The van der Waals surface area contributed by atoms with E-state index < -0.39 is 0 Å². The molecule has 0 saturated heterocycles. The van der Waals surface area contributed by atoms with Gasteiger partial charge in [0.1, 0.15) is 0 Å². The molecule has 2 aromatic carbocycles. The van der Waals surface area contributed by atoms with Crippen LogP contribution in [0.5, 0.6) is 0 Å². The third kappa shape index (κ3) is 8.33. The largest absolute Gasteiger partial charge is 0.351 e. The number of carbonyl (C=O) groups excluding carboxylic acids is 2. The van der Waals surface area contributed by atoms with Gasteiger partial charge in [-0.05, 0) is 44.2 Å². The Hall–Kier alpha value is -2.02. The van der Waals surface area contributed by atoms with Crippen LogP contribution in [0.3, 0.4) is 0 Å². The summed E-state index contributed by atoms with van der Waals surface area (Å²) < 4.78 is 0. The van der Waals surface area contributed by atoms with Gasteiger partial charge in [0.05, 0.1) is 11.3 Å². The highest BCUT2D eigenvalue weighted by atomic mass is 35.5. The SMILES string of the molecule is CCCNCCNC(=O)c1ccccc1SCC(=O)Nc1ccc(C)cc1.Cl. The van der Waals surface area contributed by atoms with Crippen LogP contribution in [0.1, 0.15) is 29.3 Å². The summed E-state index contributed by atoms with van der Waals surface area (Å²) in [6.45, 7) is 6.37. The third-order valence-electron chi connectivity index (χ3n) is 3.84. The molecule has 0 aliphatic heterocycles. The molecule has 152 valence electrons. The number of rotatable bonds is 10. The maximum atomic E-state index is 12.4. The predicted molar refractivity (Wildman–Crippen MR) is 120 cm³/mol. The summed E-state index contributed by atoms with van der Waals surface area (Å²) in [6.07, 6.45) is 1.07. The van der Waals surface area contributed by atoms with Crippen molar-refractivity contribution in [1.29, 1.82) is 0 Å². The van der Waals surface area contributed by atoms with E-state index in [1.807, 2.05) is 49.4 Å².